The zero-order valence-electron chi connectivity index (χ0n) is 11.6. The molecule has 106 valence electrons. The Kier molecular flexibility index (Phi) is 6.33. The van der Waals surface area contributed by atoms with Gasteiger partial charge in [-0.1, -0.05) is 33.1 Å². The topological polar surface area (TPSA) is 52.3 Å². The van der Waals surface area contributed by atoms with Gasteiger partial charge in [0.05, 0.1) is 12.2 Å². The molecule has 0 spiro atoms. The van der Waals surface area contributed by atoms with Crippen molar-refractivity contribution in [1.29, 1.82) is 0 Å². The molecule has 0 aliphatic heterocycles. The molecule has 0 heterocycles. The van der Waals surface area contributed by atoms with Crippen LogP contribution in [0.1, 0.15) is 49.9 Å². The normalized spacial score (nSPS) is 12.2. The number of hydrogen-bond donors (Lipinski definition) is 1. The highest BCUT2D eigenvalue weighted by Crippen LogP contribution is 2.17. The second kappa shape index (κ2) is 7.77. The Morgan fingerprint density at radius 1 is 1.42 bits per heavy atom. The maximum atomic E-state index is 12.9. The van der Waals surface area contributed by atoms with Gasteiger partial charge in [-0.2, -0.15) is 0 Å². The number of halogens is 1. The van der Waals surface area contributed by atoms with Gasteiger partial charge >= 0.3 is 5.97 Å². The van der Waals surface area contributed by atoms with Crippen LogP contribution in [0, 0.1) is 11.7 Å². The average Bonchev–Trinajstić information content (AvgIpc) is 2.38. The van der Waals surface area contributed by atoms with E-state index in [1.165, 1.54) is 12.1 Å². The largest absolute Gasteiger partial charge is 0.462 e. The highest BCUT2D eigenvalue weighted by molar-refractivity contribution is 5.94. The number of esters is 1. The number of nitrogens with two attached hydrogens (primary N) is 1. The van der Waals surface area contributed by atoms with E-state index in [0.29, 0.717) is 12.5 Å². The van der Waals surface area contributed by atoms with Crippen LogP contribution in [0.3, 0.4) is 0 Å². The van der Waals surface area contributed by atoms with Gasteiger partial charge in [-0.3, -0.25) is 0 Å². The van der Waals surface area contributed by atoms with Crippen molar-refractivity contribution in [3.63, 3.8) is 0 Å². The van der Waals surface area contributed by atoms with Crippen LogP contribution in [-0.2, 0) is 4.74 Å². The molecule has 1 atom stereocenters. The number of carbonyl (C=O) groups is 1. The van der Waals surface area contributed by atoms with Crippen molar-refractivity contribution in [2.24, 2.45) is 5.92 Å². The molecule has 4 heteroatoms. The number of rotatable bonds is 7. The van der Waals surface area contributed by atoms with E-state index in [1.807, 2.05) is 0 Å². The molecule has 0 aliphatic rings. The zero-order valence-corrected chi connectivity index (χ0v) is 11.6. The Labute approximate surface area is 113 Å². The Bertz CT molecular complexity index is 421. The van der Waals surface area contributed by atoms with E-state index in [9.17, 15) is 9.18 Å². The molecule has 0 amide bonds. The first kappa shape index (κ1) is 15.5. The Morgan fingerprint density at radius 3 is 2.74 bits per heavy atom. The van der Waals surface area contributed by atoms with Crippen molar-refractivity contribution in [2.45, 2.75) is 39.5 Å². The van der Waals surface area contributed by atoms with E-state index in [0.717, 1.165) is 31.7 Å². The molecule has 1 aromatic rings. The highest BCUT2D eigenvalue weighted by atomic mass is 19.1. The second-order valence-electron chi connectivity index (χ2n) is 4.75. The van der Waals surface area contributed by atoms with Gasteiger partial charge < -0.3 is 10.5 Å². The van der Waals surface area contributed by atoms with Gasteiger partial charge in [0, 0.05) is 5.69 Å². The number of carbonyl (C=O) groups excluding carboxylic acids is 1. The van der Waals surface area contributed by atoms with E-state index in [4.69, 9.17) is 10.5 Å². The highest BCUT2D eigenvalue weighted by Gasteiger charge is 2.14. The number of benzene rings is 1. The Hall–Kier alpha value is -1.58. The number of anilines is 1. The molecule has 3 nitrogen and oxygen atoms in total. The summed E-state index contributed by atoms with van der Waals surface area (Å²) in [7, 11) is 0. The summed E-state index contributed by atoms with van der Waals surface area (Å²) in [6.45, 7) is 4.62. The van der Waals surface area contributed by atoms with Crippen LogP contribution in [0.4, 0.5) is 10.1 Å². The molecule has 0 saturated heterocycles. The molecule has 1 unspecified atom stereocenters. The fraction of sp³-hybridized carbons (Fsp3) is 0.533. The van der Waals surface area contributed by atoms with Crippen LogP contribution >= 0.6 is 0 Å². The first-order valence-electron chi connectivity index (χ1n) is 6.80. The fourth-order valence-electron chi connectivity index (χ4n) is 1.89. The molecule has 0 bridgehead atoms. The van der Waals surface area contributed by atoms with Crippen molar-refractivity contribution < 1.29 is 13.9 Å². The number of unbranched alkanes of at least 4 members (excludes halogenated alkanes) is 1. The molecule has 1 aromatic carbocycles. The SMILES string of the molecule is CCCCC(CC)COC(=O)c1ccc(F)cc1N. The summed E-state index contributed by atoms with van der Waals surface area (Å²) in [5.74, 6) is -0.554. The van der Waals surface area contributed by atoms with E-state index in [2.05, 4.69) is 13.8 Å². The first-order chi connectivity index (χ1) is 9.08. The van der Waals surface area contributed by atoms with Crippen molar-refractivity contribution >= 4 is 11.7 Å². The standard InChI is InChI=1S/C15H22FNO2/c1-3-5-6-11(4-2)10-19-15(18)13-8-7-12(16)9-14(13)17/h7-9,11H,3-6,10,17H2,1-2H3. The van der Waals surface area contributed by atoms with Gasteiger partial charge in [-0.15, -0.1) is 0 Å². The predicted molar refractivity (Wildman–Crippen MR) is 74.4 cm³/mol. The maximum absolute atomic E-state index is 12.9. The summed E-state index contributed by atoms with van der Waals surface area (Å²) in [5.41, 5.74) is 5.95. The summed E-state index contributed by atoms with van der Waals surface area (Å²) < 4.78 is 18.1. The summed E-state index contributed by atoms with van der Waals surface area (Å²) in [4.78, 5) is 11.8. The Morgan fingerprint density at radius 2 is 2.16 bits per heavy atom. The molecule has 19 heavy (non-hydrogen) atoms. The molecule has 1 rings (SSSR count). The third-order valence-corrected chi connectivity index (χ3v) is 3.23. The quantitative estimate of drug-likeness (QED) is 0.604. The lowest BCUT2D eigenvalue weighted by Gasteiger charge is -2.15. The average molecular weight is 267 g/mol. The lowest BCUT2D eigenvalue weighted by molar-refractivity contribution is 0.0429. The van der Waals surface area contributed by atoms with E-state index < -0.39 is 11.8 Å². The summed E-state index contributed by atoms with van der Waals surface area (Å²) in [6, 6.07) is 3.70. The zero-order chi connectivity index (χ0) is 14.3. The molecule has 0 radical (unpaired) electrons. The van der Waals surface area contributed by atoms with Gasteiger partial charge in [0.25, 0.3) is 0 Å². The van der Waals surface area contributed by atoms with Crippen molar-refractivity contribution in [3.8, 4) is 0 Å². The third kappa shape index (κ3) is 4.89. The number of nitrogen functional groups attached to an aromatic ring is 1. The first-order valence-corrected chi connectivity index (χ1v) is 6.80. The summed E-state index contributed by atoms with van der Waals surface area (Å²) in [5, 5.41) is 0. The summed E-state index contributed by atoms with van der Waals surface area (Å²) >= 11 is 0. The van der Waals surface area contributed by atoms with Gasteiger partial charge in [-0.05, 0) is 30.5 Å². The molecular formula is C15H22FNO2. The monoisotopic (exact) mass is 267 g/mol. The van der Waals surface area contributed by atoms with Crippen LogP contribution in [0.25, 0.3) is 0 Å². The molecule has 0 aromatic heterocycles. The lowest BCUT2D eigenvalue weighted by Crippen LogP contribution is -2.15. The van der Waals surface area contributed by atoms with Gasteiger partial charge in [-0.25, -0.2) is 9.18 Å². The fourth-order valence-corrected chi connectivity index (χ4v) is 1.89. The van der Waals surface area contributed by atoms with Crippen LogP contribution < -0.4 is 5.73 Å². The smallest absolute Gasteiger partial charge is 0.340 e. The number of hydrogen-bond acceptors (Lipinski definition) is 3. The van der Waals surface area contributed by atoms with Crippen LogP contribution in [0.2, 0.25) is 0 Å². The van der Waals surface area contributed by atoms with Crippen molar-refractivity contribution in [3.05, 3.63) is 29.6 Å². The van der Waals surface area contributed by atoms with Gasteiger partial charge in [0.1, 0.15) is 5.82 Å². The van der Waals surface area contributed by atoms with E-state index >= 15 is 0 Å². The molecule has 0 aliphatic carbocycles. The van der Waals surface area contributed by atoms with E-state index in [1.54, 1.807) is 0 Å². The second-order valence-corrected chi connectivity index (χ2v) is 4.75. The Balaban J connectivity index is 2.54. The molecule has 2 N–H and O–H groups in total. The van der Waals surface area contributed by atoms with Crippen LogP contribution in [0.15, 0.2) is 18.2 Å². The number of ether oxygens (including phenoxy) is 1. The minimum absolute atomic E-state index is 0.117. The van der Waals surface area contributed by atoms with Gasteiger partial charge in [0.15, 0.2) is 0 Å². The molecule has 0 saturated carbocycles. The maximum Gasteiger partial charge on any atom is 0.340 e. The predicted octanol–water partition coefficient (Wildman–Crippen LogP) is 3.78. The minimum atomic E-state index is -0.479. The van der Waals surface area contributed by atoms with Crippen molar-refractivity contribution in [1.82, 2.24) is 0 Å². The van der Waals surface area contributed by atoms with Gasteiger partial charge in [0.2, 0.25) is 0 Å². The lowest BCUT2D eigenvalue weighted by atomic mass is 10.0. The van der Waals surface area contributed by atoms with Crippen LogP contribution in [-0.4, -0.2) is 12.6 Å². The molecule has 0 fully saturated rings. The molecular weight excluding hydrogens is 245 g/mol. The summed E-state index contributed by atoms with van der Waals surface area (Å²) in [6.07, 6.45) is 4.30. The van der Waals surface area contributed by atoms with Crippen molar-refractivity contribution in [2.75, 3.05) is 12.3 Å². The van der Waals surface area contributed by atoms with Crippen LogP contribution in [0.5, 0.6) is 0 Å². The third-order valence-electron chi connectivity index (χ3n) is 3.23. The van der Waals surface area contributed by atoms with E-state index in [-0.39, 0.29) is 11.3 Å². The minimum Gasteiger partial charge on any atom is -0.462 e.